The highest BCUT2D eigenvalue weighted by atomic mass is 16.5. The normalized spacial score (nSPS) is 17.6. The van der Waals surface area contributed by atoms with Crippen LogP contribution in [0.1, 0.15) is 25.1 Å². The molecular formula is C15H20N6O3. The van der Waals surface area contributed by atoms with Gasteiger partial charge in [-0.3, -0.25) is 14.9 Å². The SMILES string of the molecule is O=C(COC[C@H]1CCCCO1)NCc1nc(-c2cnccn2)n[nH]1. The maximum atomic E-state index is 11.8. The highest BCUT2D eigenvalue weighted by molar-refractivity contribution is 5.77. The number of hydrogen-bond donors (Lipinski definition) is 2. The summed E-state index contributed by atoms with van der Waals surface area (Å²) in [5.41, 5.74) is 0.571. The molecule has 1 aliphatic heterocycles. The van der Waals surface area contributed by atoms with Gasteiger partial charge in [-0.15, -0.1) is 0 Å². The summed E-state index contributed by atoms with van der Waals surface area (Å²) in [6, 6.07) is 0. The Bertz CT molecular complexity index is 642. The highest BCUT2D eigenvalue weighted by Crippen LogP contribution is 2.12. The van der Waals surface area contributed by atoms with Crippen molar-refractivity contribution >= 4 is 5.91 Å². The van der Waals surface area contributed by atoms with Crippen LogP contribution in [0.4, 0.5) is 0 Å². The van der Waals surface area contributed by atoms with E-state index < -0.39 is 0 Å². The van der Waals surface area contributed by atoms with Crippen LogP contribution in [0, 0.1) is 0 Å². The number of nitrogens with one attached hydrogen (secondary N) is 2. The molecule has 1 fully saturated rings. The Labute approximate surface area is 139 Å². The molecule has 2 aromatic heterocycles. The maximum Gasteiger partial charge on any atom is 0.246 e. The van der Waals surface area contributed by atoms with Gasteiger partial charge in [-0.1, -0.05) is 0 Å². The molecule has 0 aliphatic carbocycles. The number of aromatic nitrogens is 5. The van der Waals surface area contributed by atoms with Gasteiger partial charge >= 0.3 is 0 Å². The van der Waals surface area contributed by atoms with E-state index in [9.17, 15) is 4.79 Å². The highest BCUT2D eigenvalue weighted by Gasteiger charge is 2.14. The van der Waals surface area contributed by atoms with E-state index in [2.05, 4.69) is 30.5 Å². The summed E-state index contributed by atoms with van der Waals surface area (Å²) in [5, 5.41) is 9.54. The van der Waals surface area contributed by atoms with Gasteiger partial charge in [0.05, 0.1) is 25.5 Å². The molecule has 1 aliphatic rings. The van der Waals surface area contributed by atoms with Crippen LogP contribution in [0.15, 0.2) is 18.6 Å². The first-order chi connectivity index (χ1) is 11.8. The first kappa shape index (κ1) is 16.5. The molecule has 0 unspecified atom stereocenters. The number of hydrogen-bond acceptors (Lipinski definition) is 7. The zero-order chi connectivity index (χ0) is 16.6. The van der Waals surface area contributed by atoms with E-state index in [1.807, 2.05) is 0 Å². The van der Waals surface area contributed by atoms with Crippen molar-refractivity contribution in [2.24, 2.45) is 0 Å². The Morgan fingerprint density at radius 1 is 1.42 bits per heavy atom. The lowest BCUT2D eigenvalue weighted by atomic mass is 10.1. The molecule has 1 saturated heterocycles. The standard InChI is InChI=1S/C15H20N6O3/c22-14(10-23-9-11-3-1-2-6-24-11)18-8-13-19-15(21-20-13)12-7-16-4-5-17-12/h4-5,7,11H,1-3,6,8-10H2,(H,18,22)(H,19,20,21)/t11-/m1/s1. The van der Waals surface area contributed by atoms with Crippen LogP contribution in [0.3, 0.4) is 0 Å². The third-order valence-electron chi connectivity index (χ3n) is 3.59. The van der Waals surface area contributed by atoms with Crippen molar-refractivity contribution in [2.75, 3.05) is 19.8 Å². The van der Waals surface area contributed by atoms with E-state index in [4.69, 9.17) is 9.47 Å². The van der Waals surface area contributed by atoms with Crippen molar-refractivity contribution in [3.8, 4) is 11.5 Å². The molecule has 0 radical (unpaired) electrons. The summed E-state index contributed by atoms with van der Waals surface area (Å²) < 4.78 is 10.9. The summed E-state index contributed by atoms with van der Waals surface area (Å²) in [6.45, 7) is 1.48. The van der Waals surface area contributed by atoms with E-state index in [-0.39, 0.29) is 25.2 Å². The van der Waals surface area contributed by atoms with E-state index in [1.54, 1.807) is 18.6 Å². The van der Waals surface area contributed by atoms with Gasteiger partial charge in [0.1, 0.15) is 18.1 Å². The van der Waals surface area contributed by atoms with Crippen LogP contribution < -0.4 is 5.32 Å². The van der Waals surface area contributed by atoms with Crippen LogP contribution >= 0.6 is 0 Å². The second kappa shape index (κ2) is 8.46. The largest absolute Gasteiger partial charge is 0.376 e. The number of nitrogens with zero attached hydrogens (tertiary/aromatic N) is 4. The van der Waals surface area contributed by atoms with Crippen LogP contribution in [-0.4, -0.2) is 57.0 Å². The summed E-state index contributed by atoms with van der Waals surface area (Å²) in [7, 11) is 0. The fourth-order valence-electron chi connectivity index (χ4n) is 2.36. The monoisotopic (exact) mass is 332 g/mol. The van der Waals surface area contributed by atoms with Crippen LogP contribution in [0.2, 0.25) is 0 Å². The Balaban J connectivity index is 1.38. The predicted octanol–water partition coefficient (Wildman–Crippen LogP) is 0.464. The second-order valence-electron chi connectivity index (χ2n) is 5.48. The average Bonchev–Trinajstić information content (AvgIpc) is 3.11. The summed E-state index contributed by atoms with van der Waals surface area (Å²) in [5.74, 6) is 0.779. The zero-order valence-electron chi connectivity index (χ0n) is 13.3. The van der Waals surface area contributed by atoms with Crippen LogP contribution in [0.5, 0.6) is 0 Å². The van der Waals surface area contributed by atoms with Crippen molar-refractivity contribution in [3.63, 3.8) is 0 Å². The lowest BCUT2D eigenvalue weighted by Crippen LogP contribution is -2.30. The van der Waals surface area contributed by atoms with Crippen molar-refractivity contribution in [1.82, 2.24) is 30.5 Å². The molecule has 9 heteroatoms. The second-order valence-corrected chi connectivity index (χ2v) is 5.48. The summed E-state index contributed by atoms with van der Waals surface area (Å²) in [4.78, 5) is 24.1. The third kappa shape index (κ3) is 4.80. The molecule has 2 aromatic rings. The number of rotatable bonds is 7. The minimum atomic E-state index is -0.205. The number of amides is 1. The van der Waals surface area contributed by atoms with E-state index >= 15 is 0 Å². The zero-order valence-corrected chi connectivity index (χ0v) is 13.3. The Kier molecular flexibility index (Phi) is 5.80. The fraction of sp³-hybridized carbons (Fsp3) is 0.533. The smallest absolute Gasteiger partial charge is 0.246 e. The molecule has 3 rings (SSSR count). The third-order valence-corrected chi connectivity index (χ3v) is 3.59. The van der Waals surface area contributed by atoms with Gasteiger partial charge in [0.2, 0.25) is 11.7 Å². The molecule has 24 heavy (non-hydrogen) atoms. The van der Waals surface area contributed by atoms with Gasteiger partial charge < -0.3 is 14.8 Å². The molecule has 2 N–H and O–H groups in total. The molecule has 3 heterocycles. The molecule has 9 nitrogen and oxygen atoms in total. The van der Waals surface area contributed by atoms with Crippen molar-refractivity contribution < 1.29 is 14.3 Å². The maximum absolute atomic E-state index is 11.8. The molecule has 1 amide bonds. The van der Waals surface area contributed by atoms with Gasteiger partial charge in [0.25, 0.3) is 0 Å². The minimum Gasteiger partial charge on any atom is -0.376 e. The molecule has 0 saturated carbocycles. The van der Waals surface area contributed by atoms with Gasteiger partial charge in [-0.25, -0.2) is 9.97 Å². The lowest BCUT2D eigenvalue weighted by molar-refractivity contribution is -0.128. The first-order valence-electron chi connectivity index (χ1n) is 7.95. The minimum absolute atomic E-state index is 0.00498. The van der Waals surface area contributed by atoms with Crippen LogP contribution in [-0.2, 0) is 20.8 Å². The van der Waals surface area contributed by atoms with Crippen molar-refractivity contribution in [2.45, 2.75) is 31.9 Å². The first-order valence-corrected chi connectivity index (χ1v) is 7.95. The van der Waals surface area contributed by atoms with Crippen LogP contribution in [0.25, 0.3) is 11.5 Å². The van der Waals surface area contributed by atoms with Gasteiger partial charge in [0, 0.05) is 19.0 Å². The van der Waals surface area contributed by atoms with Crippen molar-refractivity contribution in [3.05, 3.63) is 24.4 Å². The molecule has 0 bridgehead atoms. The Hall–Kier alpha value is -2.39. The van der Waals surface area contributed by atoms with Gasteiger partial charge in [-0.05, 0) is 19.3 Å². The molecular weight excluding hydrogens is 312 g/mol. The lowest BCUT2D eigenvalue weighted by Gasteiger charge is -2.22. The number of H-pyrrole nitrogens is 1. The Morgan fingerprint density at radius 2 is 2.38 bits per heavy atom. The number of carbonyl (C=O) groups is 1. The van der Waals surface area contributed by atoms with Crippen molar-refractivity contribution in [1.29, 1.82) is 0 Å². The van der Waals surface area contributed by atoms with E-state index in [0.29, 0.717) is 23.9 Å². The molecule has 0 spiro atoms. The topological polar surface area (TPSA) is 115 Å². The summed E-state index contributed by atoms with van der Waals surface area (Å²) in [6.07, 6.45) is 8.08. The van der Waals surface area contributed by atoms with E-state index in [0.717, 1.165) is 25.9 Å². The number of aromatic amines is 1. The van der Waals surface area contributed by atoms with E-state index in [1.165, 1.54) is 0 Å². The average molecular weight is 332 g/mol. The summed E-state index contributed by atoms with van der Waals surface area (Å²) >= 11 is 0. The predicted molar refractivity (Wildman–Crippen MR) is 83.7 cm³/mol. The fourth-order valence-corrected chi connectivity index (χ4v) is 2.36. The number of carbonyl (C=O) groups excluding carboxylic acids is 1. The molecule has 0 aromatic carbocycles. The molecule has 1 atom stereocenters. The molecule has 128 valence electrons. The quantitative estimate of drug-likeness (QED) is 0.757. The van der Waals surface area contributed by atoms with Gasteiger partial charge in [-0.2, -0.15) is 5.10 Å². The Morgan fingerprint density at radius 3 is 3.17 bits per heavy atom. The van der Waals surface area contributed by atoms with Gasteiger partial charge in [0.15, 0.2) is 0 Å². The number of ether oxygens (including phenoxy) is 2.